The topological polar surface area (TPSA) is 103 Å². The van der Waals surface area contributed by atoms with Gasteiger partial charge in [-0.05, 0) is 24.3 Å². The van der Waals surface area contributed by atoms with E-state index in [9.17, 15) is 4.79 Å². The van der Waals surface area contributed by atoms with Gasteiger partial charge in [-0.1, -0.05) is 18.2 Å². The van der Waals surface area contributed by atoms with Gasteiger partial charge in [0, 0.05) is 17.3 Å². The zero-order chi connectivity index (χ0) is 17.2. The molecule has 7 nitrogen and oxygen atoms in total. The first-order chi connectivity index (χ1) is 12.2. The number of rotatable bonds is 4. The fourth-order valence-corrected chi connectivity index (χ4v) is 2.54. The highest BCUT2D eigenvalue weighted by Crippen LogP contribution is 2.31. The second-order valence-corrected chi connectivity index (χ2v) is 5.38. The number of amides is 1. The first-order valence-corrected chi connectivity index (χ1v) is 7.59. The molecule has 0 atom stereocenters. The third-order valence-electron chi connectivity index (χ3n) is 3.77. The highest BCUT2D eigenvalue weighted by molar-refractivity contribution is 5.93. The van der Waals surface area contributed by atoms with Gasteiger partial charge in [0.05, 0.1) is 11.4 Å². The summed E-state index contributed by atoms with van der Waals surface area (Å²) < 4.78 is 10.6. The molecule has 0 bridgehead atoms. The third-order valence-corrected chi connectivity index (χ3v) is 3.77. The Morgan fingerprint density at radius 3 is 2.64 bits per heavy atom. The number of hydrogen-bond acceptors (Lipinski definition) is 5. The zero-order valence-electron chi connectivity index (χ0n) is 13.1. The fraction of sp³-hybridized carbons (Fsp3) is 0.0556. The smallest absolute Gasteiger partial charge is 0.248 e. The molecule has 0 fully saturated rings. The Bertz CT molecular complexity index is 946. The highest BCUT2D eigenvalue weighted by Gasteiger charge is 2.21. The van der Waals surface area contributed by atoms with Crippen LogP contribution in [0.3, 0.4) is 0 Å². The van der Waals surface area contributed by atoms with E-state index in [4.69, 9.17) is 15.2 Å². The monoisotopic (exact) mass is 334 g/mol. The Kier molecular flexibility index (Phi) is 3.66. The number of aromatic amines is 1. The number of H-pyrrole nitrogens is 1. The second-order valence-electron chi connectivity index (χ2n) is 5.38. The summed E-state index contributed by atoms with van der Waals surface area (Å²) in [4.78, 5) is 23.5. The van der Waals surface area contributed by atoms with E-state index in [1.165, 1.54) is 6.26 Å². The maximum atomic E-state index is 11.2. The average Bonchev–Trinajstić information content (AvgIpc) is 3.32. The molecule has 3 aromatic rings. The van der Waals surface area contributed by atoms with Crippen molar-refractivity contribution in [3.63, 3.8) is 0 Å². The summed E-state index contributed by atoms with van der Waals surface area (Å²) in [5.41, 5.74) is 8.62. The van der Waals surface area contributed by atoms with Crippen molar-refractivity contribution in [3.05, 3.63) is 66.2 Å². The Morgan fingerprint density at radius 2 is 2.00 bits per heavy atom. The second kappa shape index (κ2) is 6.12. The van der Waals surface area contributed by atoms with Gasteiger partial charge in [-0.25, -0.2) is 4.98 Å². The van der Waals surface area contributed by atoms with E-state index in [1.807, 2.05) is 18.2 Å². The Balaban J connectivity index is 1.80. The van der Waals surface area contributed by atoms with Crippen LogP contribution in [0, 0.1) is 0 Å². The number of benzene rings is 1. The van der Waals surface area contributed by atoms with Gasteiger partial charge in [-0.15, -0.1) is 0 Å². The van der Waals surface area contributed by atoms with Crippen molar-refractivity contribution in [2.75, 3.05) is 6.79 Å². The minimum atomic E-state index is -0.470. The summed E-state index contributed by atoms with van der Waals surface area (Å²) in [6.45, 7) is 0.159. The number of ether oxygens (including phenoxy) is 2. The minimum Gasteiger partial charge on any atom is -0.461 e. The van der Waals surface area contributed by atoms with E-state index in [0.29, 0.717) is 22.8 Å². The van der Waals surface area contributed by atoms with Gasteiger partial charge in [-0.2, -0.15) is 0 Å². The minimum absolute atomic E-state index is 0.159. The molecule has 3 N–H and O–H groups in total. The summed E-state index contributed by atoms with van der Waals surface area (Å²) in [6, 6.07) is 12.5. The summed E-state index contributed by atoms with van der Waals surface area (Å²) in [7, 11) is 0. The normalized spacial score (nSPS) is 13.0. The summed E-state index contributed by atoms with van der Waals surface area (Å²) in [5.74, 6) is 0.697. The van der Waals surface area contributed by atoms with Gasteiger partial charge >= 0.3 is 0 Å². The molecule has 1 amide bonds. The number of aromatic nitrogens is 3. The molecule has 7 heteroatoms. The Labute approximate surface area is 143 Å². The van der Waals surface area contributed by atoms with Crippen LogP contribution < -0.4 is 5.73 Å². The van der Waals surface area contributed by atoms with Crippen LogP contribution >= 0.6 is 0 Å². The van der Waals surface area contributed by atoms with E-state index in [0.717, 1.165) is 17.0 Å². The molecule has 0 radical (unpaired) electrons. The number of imidazole rings is 1. The first-order valence-electron chi connectivity index (χ1n) is 7.59. The molecule has 25 heavy (non-hydrogen) atoms. The number of nitrogens with one attached hydrogen (secondary N) is 1. The SMILES string of the molecule is NC(=O)c1ccc(-c2nc(C3=COCO3)c(-c3ccccn3)[nH]2)cc1. The average molecular weight is 334 g/mol. The van der Waals surface area contributed by atoms with Crippen LogP contribution in [0.15, 0.2) is 54.9 Å². The van der Waals surface area contributed by atoms with Crippen LogP contribution in [0.4, 0.5) is 0 Å². The van der Waals surface area contributed by atoms with Crippen molar-refractivity contribution in [1.29, 1.82) is 0 Å². The van der Waals surface area contributed by atoms with Crippen molar-refractivity contribution in [1.82, 2.24) is 15.0 Å². The zero-order valence-corrected chi connectivity index (χ0v) is 13.1. The van der Waals surface area contributed by atoms with Gasteiger partial charge in [0.1, 0.15) is 17.8 Å². The van der Waals surface area contributed by atoms with Crippen molar-refractivity contribution in [2.24, 2.45) is 5.73 Å². The van der Waals surface area contributed by atoms with Gasteiger partial charge in [0.2, 0.25) is 12.7 Å². The summed E-state index contributed by atoms with van der Waals surface area (Å²) in [5, 5.41) is 0. The lowest BCUT2D eigenvalue weighted by Gasteiger charge is -2.01. The number of pyridine rings is 1. The third kappa shape index (κ3) is 2.83. The van der Waals surface area contributed by atoms with Crippen LogP contribution in [0.2, 0.25) is 0 Å². The van der Waals surface area contributed by atoms with E-state index in [2.05, 4.69) is 15.0 Å². The number of carbonyl (C=O) groups excluding carboxylic acids is 1. The Hall–Kier alpha value is -3.61. The number of nitrogens with zero attached hydrogens (tertiary/aromatic N) is 2. The largest absolute Gasteiger partial charge is 0.461 e. The van der Waals surface area contributed by atoms with Crippen molar-refractivity contribution >= 4 is 11.7 Å². The van der Waals surface area contributed by atoms with Gasteiger partial charge in [-0.3, -0.25) is 9.78 Å². The fourth-order valence-electron chi connectivity index (χ4n) is 2.54. The molecule has 1 aromatic carbocycles. The number of hydrogen-bond donors (Lipinski definition) is 2. The molecule has 0 unspecified atom stereocenters. The van der Waals surface area contributed by atoms with Crippen LogP contribution in [-0.4, -0.2) is 27.7 Å². The molecule has 0 spiro atoms. The predicted molar refractivity (Wildman–Crippen MR) is 90.8 cm³/mol. The molecule has 0 aliphatic carbocycles. The van der Waals surface area contributed by atoms with Crippen molar-refractivity contribution in [3.8, 4) is 22.8 Å². The summed E-state index contributed by atoms with van der Waals surface area (Å²) >= 11 is 0. The van der Waals surface area contributed by atoms with Crippen LogP contribution in [0.1, 0.15) is 16.1 Å². The summed E-state index contributed by atoms with van der Waals surface area (Å²) in [6.07, 6.45) is 3.24. The molecule has 1 aliphatic rings. The highest BCUT2D eigenvalue weighted by atomic mass is 16.7. The van der Waals surface area contributed by atoms with Crippen LogP contribution in [0.25, 0.3) is 28.5 Å². The molecular weight excluding hydrogens is 320 g/mol. The van der Waals surface area contributed by atoms with Gasteiger partial charge in [0.15, 0.2) is 5.76 Å². The lowest BCUT2D eigenvalue weighted by Crippen LogP contribution is -2.10. The number of carbonyl (C=O) groups is 1. The molecule has 4 rings (SSSR count). The van der Waals surface area contributed by atoms with E-state index < -0.39 is 5.91 Å². The van der Waals surface area contributed by atoms with Crippen molar-refractivity contribution in [2.45, 2.75) is 0 Å². The molecule has 3 heterocycles. The molecule has 1 aliphatic heterocycles. The number of nitrogens with two attached hydrogens (primary N) is 1. The lowest BCUT2D eigenvalue weighted by atomic mass is 10.1. The Morgan fingerprint density at radius 1 is 1.16 bits per heavy atom. The number of primary amides is 1. The molecular formula is C18H14N4O3. The first kappa shape index (κ1) is 14.9. The lowest BCUT2D eigenvalue weighted by molar-refractivity contribution is 0.0997. The standard InChI is InChI=1S/C18H14N4O3/c19-17(23)11-4-6-12(7-5-11)18-21-15(13-3-1-2-8-20-13)16(22-18)14-9-24-10-25-14/h1-9H,10H2,(H2,19,23)(H,21,22). The maximum Gasteiger partial charge on any atom is 0.248 e. The molecule has 0 saturated carbocycles. The molecule has 0 saturated heterocycles. The van der Waals surface area contributed by atoms with Gasteiger partial charge in [0.25, 0.3) is 0 Å². The van der Waals surface area contributed by atoms with Gasteiger partial charge < -0.3 is 20.2 Å². The van der Waals surface area contributed by atoms with Crippen LogP contribution in [0.5, 0.6) is 0 Å². The molecule has 124 valence electrons. The van der Waals surface area contributed by atoms with Crippen LogP contribution in [-0.2, 0) is 9.47 Å². The van der Waals surface area contributed by atoms with E-state index in [1.54, 1.807) is 30.5 Å². The predicted octanol–water partition coefficient (Wildman–Crippen LogP) is 2.54. The quantitative estimate of drug-likeness (QED) is 0.763. The van der Waals surface area contributed by atoms with E-state index >= 15 is 0 Å². The van der Waals surface area contributed by atoms with Crippen molar-refractivity contribution < 1.29 is 14.3 Å². The maximum absolute atomic E-state index is 11.2. The van der Waals surface area contributed by atoms with E-state index in [-0.39, 0.29) is 6.79 Å². The molecule has 2 aromatic heterocycles.